The molecule has 0 fully saturated rings. The van der Waals surface area contributed by atoms with Gasteiger partial charge < -0.3 is 5.32 Å². The number of carbonyl (C=O) groups is 1. The second-order valence-electron chi connectivity index (χ2n) is 4.03. The number of carbonyl (C=O) groups excluding carboxylic acids is 1. The molecule has 0 radical (unpaired) electrons. The summed E-state index contributed by atoms with van der Waals surface area (Å²) in [6, 6.07) is 4.59. The van der Waals surface area contributed by atoms with E-state index in [0.29, 0.717) is 4.47 Å². The second-order valence-corrected chi connectivity index (χ2v) is 5.39. The summed E-state index contributed by atoms with van der Waals surface area (Å²) in [7, 11) is 0. The molecule has 0 unspecified atom stereocenters. The van der Waals surface area contributed by atoms with Gasteiger partial charge >= 0.3 is 6.18 Å². The third-order valence-corrected chi connectivity index (χ3v) is 3.17. The van der Waals surface area contributed by atoms with Gasteiger partial charge in [-0.25, -0.2) is 0 Å². The lowest BCUT2D eigenvalue weighted by Gasteiger charge is -2.14. The summed E-state index contributed by atoms with van der Waals surface area (Å²) in [6.07, 6.45) is -1.91. The zero-order chi connectivity index (χ0) is 15.6. The van der Waals surface area contributed by atoms with Gasteiger partial charge in [-0.05, 0) is 40.2 Å². The van der Waals surface area contributed by atoms with Gasteiger partial charge in [0.05, 0.1) is 16.8 Å². The monoisotopic (exact) mass is 378 g/mol. The van der Waals surface area contributed by atoms with Gasteiger partial charge in [0, 0.05) is 21.9 Å². The second kappa shape index (κ2) is 6.03. The molecule has 1 aromatic carbocycles. The van der Waals surface area contributed by atoms with Gasteiger partial charge in [-0.3, -0.25) is 9.78 Å². The van der Waals surface area contributed by atoms with Crippen LogP contribution in [0.4, 0.5) is 18.9 Å². The van der Waals surface area contributed by atoms with Crippen molar-refractivity contribution in [3.63, 3.8) is 0 Å². The van der Waals surface area contributed by atoms with Crippen LogP contribution in [0.25, 0.3) is 0 Å². The van der Waals surface area contributed by atoms with Gasteiger partial charge in [0.1, 0.15) is 0 Å². The largest absolute Gasteiger partial charge is 0.418 e. The first-order valence-corrected chi connectivity index (χ1v) is 6.73. The number of amides is 1. The van der Waals surface area contributed by atoms with Crippen molar-refractivity contribution in [2.45, 2.75) is 6.18 Å². The number of hydrogen-bond acceptors (Lipinski definition) is 2. The molecule has 21 heavy (non-hydrogen) atoms. The Morgan fingerprint density at radius 1 is 1.24 bits per heavy atom. The van der Waals surface area contributed by atoms with Crippen LogP contribution in [0.2, 0.25) is 5.02 Å². The lowest BCUT2D eigenvalue weighted by atomic mass is 10.1. The molecule has 0 aliphatic heterocycles. The van der Waals surface area contributed by atoms with Gasteiger partial charge in [-0.15, -0.1) is 0 Å². The third kappa shape index (κ3) is 3.95. The van der Waals surface area contributed by atoms with E-state index in [1.54, 1.807) is 0 Å². The average Bonchev–Trinajstić information content (AvgIpc) is 2.39. The van der Waals surface area contributed by atoms with Crippen molar-refractivity contribution >= 4 is 39.1 Å². The molecular formula is C13H7BrClF3N2O. The predicted molar refractivity (Wildman–Crippen MR) is 76.3 cm³/mol. The summed E-state index contributed by atoms with van der Waals surface area (Å²) in [5, 5.41) is 2.14. The Kier molecular flexibility index (Phi) is 4.53. The van der Waals surface area contributed by atoms with Crippen molar-refractivity contribution in [2.24, 2.45) is 0 Å². The molecule has 0 saturated heterocycles. The van der Waals surface area contributed by atoms with Crippen molar-refractivity contribution in [2.75, 3.05) is 5.32 Å². The summed E-state index contributed by atoms with van der Waals surface area (Å²) in [4.78, 5) is 15.7. The van der Waals surface area contributed by atoms with E-state index in [0.717, 1.165) is 12.1 Å². The van der Waals surface area contributed by atoms with Crippen molar-refractivity contribution in [3.05, 3.63) is 57.3 Å². The Balaban J connectivity index is 2.34. The molecule has 1 heterocycles. The highest BCUT2D eigenvalue weighted by Gasteiger charge is 2.34. The maximum absolute atomic E-state index is 12.9. The summed E-state index contributed by atoms with van der Waals surface area (Å²) >= 11 is 8.70. The number of nitrogens with one attached hydrogen (secondary N) is 1. The Hall–Kier alpha value is -1.60. The highest BCUT2D eigenvalue weighted by Crippen LogP contribution is 2.36. The molecule has 110 valence electrons. The van der Waals surface area contributed by atoms with Gasteiger partial charge in [-0.1, -0.05) is 11.6 Å². The lowest BCUT2D eigenvalue weighted by molar-refractivity contribution is -0.136. The SMILES string of the molecule is O=C(Nc1ccc(Cl)cc1C(F)(F)F)c1cncc(Br)c1. The molecule has 0 aliphatic carbocycles. The summed E-state index contributed by atoms with van der Waals surface area (Å²) in [5.74, 6) is -0.698. The fraction of sp³-hybridized carbons (Fsp3) is 0.0769. The Labute approximate surface area is 131 Å². The molecule has 0 atom stereocenters. The highest BCUT2D eigenvalue weighted by atomic mass is 79.9. The van der Waals surface area contributed by atoms with Gasteiger partial charge in [-0.2, -0.15) is 13.2 Å². The molecule has 0 spiro atoms. The van der Waals surface area contributed by atoms with Crippen LogP contribution in [0, 0.1) is 0 Å². The number of rotatable bonds is 2. The minimum atomic E-state index is -4.62. The molecule has 3 nitrogen and oxygen atoms in total. The van der Waals surface area contributed by atoms with Crippen LogP contribution in [0.5, 0.6) is 0 Å². The molecule has 2 aromatic rings. The average molecular weight is 380 g/mol. The van der Waals surface area contributed by atoms with Gasteiger partial charge in [0.15, 0.2) is 0 Å². The van der Waals surface area contributed by atoms with E-state index in [9.17, 15) is 18.0 Å². The molecule has 1 N–H and O–H groups in total. The molecular weight excluding hydrogens is 373 g/mol. The minimum absolute atomic E-state index is 0.0653. The molecule has 0 saturated carbocycles. The number of anilines is 1. The molecule has 8 heteroatoms. The maximum Gasteiger partial charge on any atom is 0.418 e. The maximum atomic E-state index is 12.9. The number of hydrogen-bond donors (Lipinski definition) is 1. The van der Waals surface area contributed by atoms with E-state index in [1.165, 1.54) is 24.5 Å². The van der Waals surface area contributed by atoms with Crippen molar-refractivity contribution in [1.29, 1.82) is 0 Å². The standard InChI is InChI=1S/C13H7BrClF3N2O/c14-8-3-7(5-19-6-8)12(21)20-11-2-1-9(15)4-10(11)13(16,17)18/h1-6H,(H,20,21). The molecule has 1 amide bonds. The van der Waals surface area contributed by atoms with Crippen LogP contribution in [-0.2, 0) is 6.18 Å². The van der Waals surface area contributed by atoms with Crippen LogP contribution in [-0.4, -0.2) is 10.9 Å². The highest BCUT2D eigenvalue weighted by molar-refractivity contribution is 9.10. The Bertz CT molecular complexity index is 691. The van der Waals surface area contributed by atoms with Gasteiger partial charge in [0.2, 0.25) is 0 Å². The van der Waals surface area contributed by atoms with E-state index in [2.05, 4.69) is 26.2 Å². The number of pyridine rings is 1. The van der Waals surface area contributed by atoms with E-state index < -0.39 is 17.6 Å². The van der Waals surface area contributed by atoms with E-state index in [4.69, 9.17) is 11.6 Å². The molecule has 0 bridgehead atoms. The third-order valence-electron chi connectivity index (χ3n) is 2.50. The summed E-state index contributed by atoms with van der Waals surface area (Å²) in [6.45, 7) is 0. The normalized spacial score (nSPS) is 11.3. The number of aromatic nitrogens is 1. The van der Waals surface area contributed by atoms with Crippen molar-refractivity contribution < 1.29 is 18.0 Å². The smallest absolute Gasteiger partial charge is 0.321 e. The van der Waals surface area contributed by atoms with Crippen LogP contribution < -0.4 is 5.32 Å². The van der Waals surface area contributed by atoms with E-state index in [1.807, 2.05) is 0 Å². The van der Waals surface area contributed by atoms with E-state index in [-0.39, 0.29) is 16.3 Å². The first kappa shape index (κ1) is 15.8. The lowest BCUT2D eigenvalue weighted by Crippen LogP contribution is -2.16. The number of benzene rings is 1. The fourth-order valence-electron chi connectivity index (χ4n) is 1.59. The van der Waals surface area contributed by atoms with Gasteiger partial charge in [0.25, 0.3) is 5.91 Å². The first-order chi connectivity index (χ1) is 9.77. The van der Waals surface area contributed by atoms with Crippen molar-refractivity contribution in [3.8, 4) is 0 Å². The van der Waals surface area contributed by atoms with Crippen LogP contribution in [0.15, 0.2) is 41.1 Å². The molecule has 1 aromatic heterocycles. The number of halogens is 5. The first-order valence-electron chi connectivity index (χ1n) is 5.56. The number of alkyl halides is 3. The predicted octanol–water partition coefficient (Wildman–Crippen LogP) is 4.77. The zero-order valence-electron chi connectivity index (χ0n) is 10.2. The quantitative estimate of drug-likeness (QED) is 0.817. The fourth-order valence-corrected chi connectivity index (χ4v) is 2.13. The minimum Gasteiger partial charge on any atom is -0.321 e. The summed E-state index contributed by atoms with van der Waals surface area (Å²) in [5.41, 5.74) is -1.24. The van der Waals surface area contributed by atoms with E-state index >= 15 is 0 Å². The topological polar surface area (TPSA) is 42.0 Å². The Morgan fingerprint density at radius 3 is 2.57 bits per heavy atom. The van der Waals surface area contributed by atoms with Crippen LogP contribution in [0.1, 0.15) is 15.9 Å². The van der Waals surface area contributed by atoms with Crippen LogP contribution >= 0.6 is 27.5 Å². The summed E-state index contributed by atoms with van der Waals surface area (Å²) < 4.78 is 39.3. The zero-order valence-corrected chi connectivity index (χ0v) is 12.6. The molecule has 2 rings (SSSR count). The molecule has 0 aliphatic rings. The number of nitrogens with zero attached hydrogens (tertiary/aromatic N) is 1. The van der Waals surface area contributed by atoms with Crippen LogP contribution in [0.3, 0.4) is 0 Å². The van der Waals surface area contributed by atoms with Crippen molar-refractivity contribution in [1.82, 2.24) is 4.98 Å². The Morgan fingerprint density at radius 2 is 1.95 bits per heavy atom.